The molecule has 1 aliphatic rings. The molecule has 1 atom stereocenters. The number of nitrogens with zero attached hydrogens (tertiary/aromatic N) is 4. The Kier molecular flexibility index (Phi) is 5.22. The molecule has 1 unspecified atom stereocenters. The summed E-state index contributed by atoms with van der Waals surface area (Å²) in [5, 5.41) is 0.602. The van der Waals surface area contributed by atoms with Crippen molar-refractivity contribution in [2.45, 2.75) is 45.6 Å². The van der Waals surface area contributed by atoms with Gasteiger partial charge in [0.1, 0.15) is 16.8 Å². The molecule has 1 aliphatic heterocycles. The predicted octanol–water partition coefficient (Wildman–Crippen LogP) is 2.92. The van der Waals surface area contributed by atoms with Crippen LogP contribution in [0.25, 0.3) is 0 Å². The Morgan fingerprint density at radius 3 is 2.75 bits per heavy atom. The Morgan fingerprint density at radius 1 is 1.35 bits per heavy atom. The van der Waals surface area contributed by atoms with Crippen molar-refractivity contribution in [2.24, 2.45) is 0 Å². The largest absolute Gasteiger partial charge is 0.355 e. The first-order valence-corrected chi connectivity index (χ1v) is 7.85. The van der Waals surface area contributed by atoms with Crippen molar-refractivity contribution >= 4 is 17.4 Å². The van der Waals surface area contributed by atoms with Crippen LogP contribution >= 0.6 is 11.6 Å². The molecule has 20 heavy (non-hydrogen) atoms. The molecule has 0 spiro atoms. The Labute approximate surface area is 127 Å². The summed E-state index contributed by atoms with van der Waals surface area (Å²) in [5.41, 5.74) is 1.01. The van der Waals surface area contributed by atoms with E-state index in [4.69, 9.17) is 16.6 Å². The lowest BCUT2D eigenvalue weighted by Crippen LogP contribution is -2.45. The summed E-state index contributed by atoms with van der Waals surface area (Å²) in [4.78, 5) is 13.8. The van der Waals surface area contributed by atoms with Crippen LogP contribution in [0, 0.1) is 6.92 Å². The van der Waals surface area contributed by atoms with Crippen molar-refractivity contribution in [1.29, 1.82) is 0 Å². The topological polar surface area (TPSA) is 32.3 Å². The van der Waals surface area contributed by atoms with Gasteiger partial charge in [-0.25, -0.2) is 9.97 Å². The van der Waals surface area contributed by atoms with Gasteiger partial charge >= 0.3 is 0 Å². The molecule has 4 nitrogen and oxygen atoms in total. The average molecular weight is 297 g/mol. The highest BCUT2D eigenvalue weighted by Crippen LogP contribution is 2.27. The molecule has 0 aliphatic carbocycles. The first-order chi connectivity index (χ1) is 9.52. The highest BCUT2D eigenvalue weighted by atomic mass is 35.5. The SMILES string of the molecule is CCCc1nc(Cl)c(C)c(N2CCCC(N(C)C)C2)n1. The molecule has 1 aromatic heterocycles. The van der Waals surface area contributed by atoms with Crippen LogP contribution in [0.1, 0.15) is 37.6 Å². The van der Waals surface area contributed by atoms with Gasteiger partial charge in [0.05, 0.1) is 0 Å². The van der Waals surface area contributed by atoms with E-state index in [9.17, 15) is 0 Å². The van der Waals surface area contributed by atoms with E-state index in [1.54, 1.807) is 0 Å². The molecule has 0 aromatic carbocycles. The van der Waals surface area contributed by atoms with Crippen molar-refractivity contribution in [3.05, 3.63) is 16.5 Å². The second kappa shape index (κ2) is 6.72. The minimum atomic E-state index is 0.589. The normalized spacial score (nSPS) is 19.7. The number of likely N-dealkylation sites (N-methyl/N-ethyl adjacent to an activating group) is 1. The molecular formula is C15H25ClN4. The van der Waals surface area contributed by atoms with Gasteiger partial charge in [-0.1, -0.05) is 18.5 Å². The van der Waals surface area contributed by atoms with Crippen LogP contribution < -0.4 is 4.90 Å². The standard InChI is InChI=1S/C15H25ClN4/c1-5-7-13-17-14(16)11(2)15(18-13)20-9-6-8-12(10-20)19(3)4/h12H,5-10H2,1-4H3. The molecule has 0 amide bonds. The summed E-state index contributed by atoms with van der Waals surface area (Å²) in [6.45, 7) is 6.24. The number of halogens is 1. The Balaban J connectivity index is 2.26. The lowest BCUT2D eigenvalue weighted by molar-refractivity contribution is 0.257. The van der Waals surface area contributed by atoms with Crippen molar-refractivity contribution < 1.29 is 0 Å². The van der Waals surface area contributed by atoms with Crippen LogP contribution in [0.2, 0.25) is 5.15 Å². The molecule has 0 saturated carbocycles. The third kappa shape index (κ3) is 3.41. The molecule has 0 bridgehead atoms. The second-order valence-corrected chi connectivity index (χ2v) is 6.19. The molecule has 1 aromatic rings. The van der Waals surface area contributed by atoms with Crippen LogP contribution in [0.5, 0.6) is 0 Å². The number of hydrogen-bond donors (Lipinski definition) is 0. The van der Waals surface area contributed by atoms with Crippen LogP contribution in [-0.4, -0.2) is 48.1 Å². The maximum absolute atomic E-state index is 6.28. The zero-order chi connectivity index (χ0) is 14.7. The summed E-state index contributed by atoms with van der Waals surface area (Å²) in [7, 11) is 4.30. The molecule has 1 saturated heterocycles. The number of aryl methyl sites for hydroxylation is 1. The van der Waals surface area contributed by atoms with E-state index in [1.807, 2.05) is 6.92 Å². The van der Waals surface area contributed by atoms with Crippen LogP contribution in [0.3, 0.4) is 0 Å². The highest BCUT2D eigenvalue weighted by Gasteiger charge is 2.24. The molecule has 0 N–H and O–H groups in total. The Bertz CT molecular complexity index is 461. The van der Waals surface area contributed by atoms with Crippen molar-refractivity contribution in [1.82, 2.24) is 14.9 Å². The Hall–Kier alpha value is -0.870. The average Bonchev–Trinajstić information content (AvgIpc) is 2.43. The summed E-state index contributed by atoms with van der Waals surface area (Å²) in [6.07, 6.45) is 4.38. The molecule has 1 fully saturated rings. The van der Waals surface area contributed by atoms with E-state index in [2.05, 4.69) is 35.8 Å². The molecule has 112 valence electrons. The lowest BCUT2D eigenvalue weighted by atomic mass is 10.0. The first-order valence-electron chi connectivity index (χ1n) is 7.47. The summed E-state index contributed by atoms with van der Waals surface area (Å²) >= 11 is 6.28. The fourth-order valence-electron chi connectivity index (χ4n) is 2.73. The molecule has 5 heteroatoms. The van der Waals surface area contributed by atoms with E-state index in [0.717, 1.165) is 43.1 Å². The molecule has 2 heterocycles. The van der Waals surface area contributed by atoms with Crippen molar-refractivity contribution in [3.63, 3.8) is 0 Å². The van der Waals surface area contributed by atoms with Gasteiger partial charge in [-0.3, -0.25) is 0 Å². The van der Waals surface area contributed by atoms with Crippen LogP contribution in [-0.2, 0) is 6.42 Å². The third-order valence-corrected chi connectivity index (χ3v) is 4.37. The van der Waals surface area contributed by atoms with Crippen molar-refractivity contribution in [2.75, 3.05) is 32.1 Å². The number of aromatic nitrogens is 2. The van der Waals surface area contributed by atoms with E-state index in [1.165, 1.54) is 12.8 Å². The fourth-order valence-corrected chi connectivity index (χ4v) is 2.91. The molecular weight excluding hydrogens is 272 g/mol. The second-order valence-electron chi connectivity index (χ2n) is 5.83. The summed E-state index contributed by atoms with van der Waals surface area (Å²) in [5.74, 6) is 1.89. The van der Waals surface area contributed by atoms with E-state index in [-0.39, 0.29) is 0 Å². The quantitative estimate of drug-likeness (QED) is 0.800. The molecule has 2 rings (SSSR count). The zero-order valence-electron chi connectivity index (χ0n) is 13.0. The fraction of sp³-hybridized carbons (Fsp3) is 0.733. The Morgan fingerprint density at radius 2 is 2.10 bits per heavy atom. The smallest absolute Gasteiger partial charge is 0.137 e. The van der Waals surface area contributed by atoms with Gasteiger partial charge in [0.2, 0.25) is 0 Å². The monoisotopic (exact) mass is 296 g/mol. The number of hydrogen-bond acceptors (Lipinski definition) is 4. The molecule has 0 radical (unpaired) electrons. The zero-order valence-corrected chi connectivity index (χ0v) is 13.7. The third-order valence-electron chi connectivity index (χ3n) is 4.01. The number of rotatable bonds is 4. The van der Waals surface area contributed by atoms with Gasteiger partial charge in [0, 0.05) is 31.1 Å². The van der Waals surface area contributed by atoms with Gasteiger partial charge in [-0.15, -0.1) is 0 Å². The minimum Gasteiger partial charge on any atom is -0.355 e. The van der Waals surface area contributed by atoms with E-state index in [0.29, 0.717) is 11.2 Å². The van der Waals surface area contributed by atoms with Gasteiger partial charge in [0.25, 0.3) is 0 Å². The number of anilines is 1. The summed E-state index contributed by atoms with van der Waals surface area (Å²) < 4.78 is 0. The number of piperidine rings is 1. The highest BCUT2D eigenvalue weighted by molar-refractivity contribution is 6.30. The first kappa shape index (κ1) is 15.5. The van der Waals surface area contributed by atoms with Crippen LogP contribution in [0.15, 0.2) is 0 Å². The van der Waals surface area contributed by atoms with Gasteiger partial charge in [-0.05, 0) is 40.3 Å². The van der Waals surface area contributed by atoms with Gasteiger partial charge < -0.3 is 9.80 Å². The summed E-state index contributed by atoms with van der Waals surface area (Å²) in [6, 6.07) is 0.589. The maximum atomic E-state index is 6.28. The maximum Gasteiger partial charge on any atom is 0.137 e. The van der Waals surface area contributed by atoms with Crippen molar-refractivity contribution in [3.8, 4) is 0 Å². The minimum absolute atomic E-state index is 0.589. The predicted molar refractivity (Wildman–Crippen MR) is 84.7 cm³/mol. The van der Waals surface area contributed by atoms with Gasteiger partial charge in [-0.2, -0.15) is 0 Å². The van der Waals surface area contributed by atoms with Gasteiger partial charge in [0.15, 0.2) is 0 Å². The van der Waals surface area contributed by atoms with E-state index >= 15 is 0 Å². The van der Waals surface area contributed by atoms with E-state index < -0.39 is 0 Å². The van der Waals surface area contributed by atoms with Crippen LogP contribution in [0.4, 0.5) is 5.82 Å². The lowest BCUT2D eigenvalue weighted by Gasteiger charge is -2.37.